The second-order valence-corrected chi connectivity index (χ2v) is 26.7. The molecule has 0 aliphatic heterocycles. The zero-order valence-corrected chi connectivity index (χ0v) is 61.3. The first-order valence-electron chi connectivity index (χ1n) is 36.4. The van der Waals surface area contributed by atoms with Gasteiger partial charge in [-0.25, -0.2) is 9.13 Å². The summed E-state index contributed by atoms with van der Waals surface area (Å²) >= 11 is 0. The summed E-state index contributed by atoms with van der Waals surface area (Å²) in [6.45, 7) is 4.40. The van der Waals surface area contributed by atoms with Gasteiger partial charge in [-0.15, -0.1) is 0 Å². The van der Waals surface area contributed by atoms with Crippen LogP contribution in [-0.2, 0) is 65.4 Å². The minimum absolute atomic E-state index is 0.0778. The Bertz CT molecular complexity index is 2350. The van der Waals surface area contributed by atoms with Crippen molar-refractivity contribution in [1.82, 2.24) is 0 Å². The topological polar surface area (TPSA) is 237 Å². The maximum atomic E-state index is 13.0. The maximum absolute atomic E-state index is 13.0. The van der Waals surface area contributed by atoms with Crippen molar-refractivity contribution < 1.29 is 80.2 Å². The number of ether oxygens (including phenoxy) is 4. The van der Waals surface area contributed by atoms with Crippen LogP contribution in [0.3, 0.4) is 0 Å². The smallest absolute Gasteiger partial charge is 0.462 e. The van der Waals surface area contributed by atoms with Gasteiger partial charge in [-0.1, -0.05) is 245 Å². The molecule has 0 aromatic heterocycles. The number of rotatable bonds is 67. The standard InChI is InChI=1S/C77H128O17P2/c1-5-9-13-17-21-25-29-32-34-35-37-39-43-46-50-54-58-62-75(80)88-68-73(94-77(82)64-60-56-52-48-44-40-36-33-30-26-22-18-14-10-6-2)70-92-96(85,86)90-66-71(78)65-89-95(83,84)91-69-72(93-76(81)63-59-55-51-47-41-28-24-20-16-12-8-4)67-87-74(79)61-57-53-49-45-42-38-31-27-23-19-15-11-7-3/h9-10,13-14,20-22,24-27,31-34,36-37,39,44,48,56,60,71-73,78H,5-8,11-12,15-19,23,28-30,35,38,40-43,45-47,49-55,57-59,61-70H2,1-4H3,(H,83,84)(H,85,86)/b13-9-,14-10-,24-20-,25-21-,26-22-,31-27-,34-32-,36-33-,39-37-,48-44-,60-56-. The summed E-state index contributed by atoms with van der Waals surface area (Å²) in [4.78, 5) is 72.6. The lowest BCUT2D eigenvalue weighted by atomic mass is 10.1. The van der Waals surface area contributed by atoms with Gasteiger partial charge in [0.2, 0.25) is 0 Å². The Balaban J connectivity index is 5.44. The molecule has 0 aromatic rings. The number of carbonyl (C=O) groups is 4. The van der Waals surface area contributed by atoms with Crippen molar-refractivity contribution in [3.63, 3.8) is 0 Å². The van der Waals surface area contributed by atoms with Crippen molar-refractivity contribution in [2.24, 2.45) is 0 Å². The van der Waals surface area contributed by atoms with E-state index in [2.05, 4.69) is 137 Å². The van der Waals surface area contributed by atoms with Gasteiger partial charge in [0.1, 0.15) is 19.3 Å². The van der Waals surface area contributed by atoms with Crippen LogP contribution in [0, 0.1) is 0 Å². The second kappa shape index (κ2) is 68.7. The van der Waals surface area contributed by atoms with Crippen LogP contribution >= 0.6 is 15.6 Å². The third-order valence-corrected chi connectivity index (χ3v) is 16.5. The quantitative estimate of drug-likeness (QED) is 0.0169. The molecular weight excluding hydrogens is 1260 g/mol. The Morgan fingerprint density at radius 3 is 0.969 bits per heavy atom. The molecule has 96 heavy (non-hydrogen) atoms. The molecule has 3 N–H and O–H groups in total. The Labute approximate surface area is 580 Å². The Hall–Kier alpha value is -4.80. The van der Waals surface area contributed by atoms with Crippen molar-refractivity contribution in [3.8, 4) is 0 Å². The summed E-state index contributed by atoms with van der Waals surface area (Å²) in [7, 11) is -9.99. The highest BCUT2D eigenvalue weighted by molar-refractivity contribution is 7.47. The number of unbranched alkanes of at least 4 members (excludes halogenated alkanes) is 20. The molecule has 0 bridgehead atoms. The molecule has 17 nitrogen and oxygen atoms in total. The average Bonchev–Trinajstić information content (AvgIpc) is 2.14. The monoisotopic (exact) mass is 1390 g/mol. The number of aliphatic hydroxyl groups is 1. The first-order chi connectivity index (χ1) is 46.7. The number of carbonyl (C=O) groups excluding carboxylic acids is 4. The van der Waals surface area contributed by atoms with Crippen LogP contribution in [0.5, 0.6) is 0 Å². The van der Waals surface area contributed by atoms with Gasteiger partial charge in [0.25, 0.3) is 0 Å². The minimum atomic E-state index is -5.01. The van der Waals surface area contributed by atoms with Crippen LogP contribution < -0.4 is 0 Å². The molecule has 0 rings (SSSR count). The Kier molecular flexibility index (Phi) is 65.3. The highest BCUT2D eigenvalue weighted by Crippen LogP contribution is 2.45. The number of allylic oxidation sites excluding steroid dienone is 21. The maximum Gasteiger partial charge on any atom is 0.472 e. The summed E-state index contributed by atoms with van der Waals surface area (Å²) < 4.78 is 68.1. The summed E-state index contributed by atoms with van der Waals surface area (Å²) in [6.07, 6.45) is 74.9. The van der Waals surface area contributed by atoms with Crippen LogP contribution in [0.15, 0.2) is 134 Å². The molecule has 0 amide bonds. The van der Waals surface area contributed by atoms with E-state index in [0.29, 0.717) is 25.7 Å². The van der Waals surface area contributed by atoms with Gasteiger partial charge < -0.3 is 33.8 Å². The summed E-state index contributed by atoms with van der Waals surface area (Å²) in [5, 5.41) is 10.6. The van der Waals surface area contributed by atoms with Crippen LogP contribution in [0.25, 0.3) is 0 Å². The zero-order valence-electron chi connectivity index (χ0n) is 59.5. The van der Waals surface area contributed by atoms with Crippen LogP contribution in [0.2, 0.25) is 0 Å². The molecule has 0 saturated carbocycles. The average molecular weight is 1390 g/mol. The molecule has 5 unspecified atom stereocenters. The number of phosphoric acid groups is 2. The molecule has 0 heterocycles. The van der Waals surface area contributed by atoms with E-state index in [0.717, 1.165) is 154 Å². The number of aliphatic hydroxyl groups excluding tert-OH is 1. The SMILES string of the molecule is CC/C=C\C/C=C\C/C=C\C/C=C\C/C=C\CC(=O)OC(COC(=O)CCCCCC/C=C\C/C=C\C/C=C\C/C=C\CC)COP(=O)(O)OCC(O)COP(=O)(O)OCC(COC(=O)CCCCCCC/C=C\CCCCCC)OC(=O)CCCCCCC/C=C\CCCC. The highest BCUT2D eigenvalue weighted by Gasteiger charge is 2.30. The predicted octanol–water partition coefficient (Wildman–Crippen LogP) is 20.5. The third-order valence-electron chi connectivity index (χ3n) is 14.6. The van der Waals surface area contributed by atoms with Gasteiger partial charge in [-0.2, -0.15) is 0 Å². The van der Waals surface area contributed by atoms with E-state index in [-0.39, 0.29) is 25.7 Å². The van der Waals surface area contributed by atoms with Crippen molar-refractivity contribution in [2.45, 2.75) is 290 Å². The van der Waals surface area contributed by atoms with Crippen molar-refractivity contribution in [1.29, 1.82) is 0 Å². The molecule has 0 fully saturated rings. The number of hydrogen-bond donors (Lipinski definition) is 3. The minimum Gasteiger partial charge on any atom is -0.462 e. The first-order valence-corrected chi connectivity index (χ1v) is 39.4. The van der Waals surface area contributed by atoms with Crippen molar-refractivity contribution in [2.75, 3.05) is 39.6 Å². The highest BCUT2D eigenvalue weighted by atomic mass is 31.2. The van der Waals surface area contributed by atoms with E-state index in [9.17, 15) is 43.2 Å². The fraction of sp³-hybridized carbons (Fsp3) is 0.662. The van der Waals surface area contributed by atoms with Crippen molar-refractivity contribution >= 4 is 39.5 Å². The second-order valence-electron chi connectivity index (χ2n) is 23.8. The Morgan fingerprint density at radius 1 is 0.312 bits per heavy atom. The van der Waals surface area contributed by atoms with E-state index in [4.69, 9.17) is 37.0 Å². The number of esters is 4. The molecular formula is C77H128O17P2. The lowest BCUT2D eigenvalue weighted by molar-refractivity contribution is -0.161. The molecule has 5 atom stereocenters. The number of hydrogen-bond acceptors (Lipinski definition) is 15. The fourth-order valence-corrected chi connectivity index (χ4v) is 10.7. The summed E-state index contributed by atoms with van der Waals surface area (Å²) in [5.41, 5.74) is 0. The predicted molar refractivity (Wildman–Crippen MR) is 390 cm³/mol. The van der Waals surface area contributed by atoms with Crippen LogP contribution in [0.1, 0.15) is 272 Å². The van der Waals surface area contributed by atoms with E-state index in [1.54, 1.807) is 12.2 Å². The molecule has 0 spiro atoms. The molecule has 548 valence electrons. The van der Waals surface area contributed by atoms with E-state index < -0.39 is 97.5 Å². The normalized spacial score (nSPS) is 14.8. The zero-order chi connectivity index (χ0) is 70.4. The van der Waals surface area contributed by atoms with Crippen LogP contribution in [0.4, 0.5) is 0 Å². The lowest BCUT2D eigenvalue weighted by Gasteiger charge is -2.21. The van der Waals surface area contributed by atoms with Gasteiger partial charge in [0, 0.05) is 19.3 Å². The third kappa shape index (κ3) is 67.8. The van der Waals surface area contributed by atoms with Gasteiger partial charge in [0.15, 0.2) is 12.2 Å². The van der Waals surface area contributed by atoms with Crippen LogP contribution in [-0.4, -0.2) is 96.7 Å². The van der Waals surface area contributed by atoms with E-state index in [1.807, 2.05) is 12.2 Å². The van der Waals surface area contributed by atoms with Gasteiger partial charge >= 0.3 is 39.5 Å². The van der Waals surface area contributed by atoms with E-state index >= 15 is 0 Å². The molecule has 0 saturated heterocycles. The molecule has 0 aromatic carbocycles. The van der Waals surface area contributed by atoms with Gasteiger partial charge in [0.05, 0.1) is 32.8 Å². The first kappa shape index (κ1) is 91.2. The largest absolute Gasteiger partial charge is 0.472 e. The fourth-order valence-electron chi connectivity index (χ4n) is 9.08. The summed E-state index contributed by atoms with van der Waals surface area (Å²) in [5.74, 6) is -2.38. The molecule has 19 heteroatoms. The van der Waals surface area contributed by atoms with E-state index in [1.165, 1.54) is 38.5 Å². The van der Waals surface area contributed by atoms with Gasteiger partial charge in [-0.05, 0) is 135 Å². The van der Waals surface area contributed by atoms with Gasteiger partial charge in [-0.3, -0.25) is 37.3 Å². The summed E-state index contributed by atoms with van der Waals surface area (Å²) in [6, 6.07) is 0. The Morgan fingerprint density at radius 2 is 0.594 bits per heavy atom. The molecule has 0 aliphatic rings. The number of phosphoric ester groups is 2. The van der Waals surface area contributed by atoms with Crippen molar-refractivity contribution in [3.05, 3.63) is 134 Å². The lowest BCUT2D eigenvalue weighted by Crippen LogP contribution is -2.30. The molecule has 0 aliphatic carbocycles. The molecule has 0 radical (unpaired) electrons.